The number of guanidine groups is 1. The third kappa shape index (κ3) is 7.25. The smallest absolute Gasteiger partial charge is 0.305 e. The van der Waals surface area contributed by atoms with E-state index >= 15 is 0 Å². The van der Waals surface area contributed by atoms with E-state index in [1.807, 2.05) is 4.90 Å². The predicted octanol–water partition coefficient (Wildman–Crippen LogP) is 1.76. The number of nitrogens with two attached hydrogens (primary N) is 1. The summed E-state index contributed by atoms with van der Waals surface area (Å²) in [5, 5.41) is 24.0. The summed E-state index contributed by atoms with van der Waals surface area (Å²) in [4.78, 5) is 27.3. The molecule has 2 heterocycles. The SMILES string of the molecule is CC1=CCCC(N[C@@H](CC(=O)O)C(=O)C2(CCOC3CCN(C(=N)N)CC3)CCCCN2)C1. The third-order valence-electron chi connectivity index (χ3n) is 7.34. The Morgan fingerprint density at radius 3 is 2.73 bits per heavy atom. The van der Waals surface area contributed by atoms with Crippen LogP contribution in [0.5, 0.6) is 0 Å². The number of likely N-dealkylation sites (tertiary alicyclic amines) is 1. The molecular weight excluding hydrogens is 422 g/mol. The number of carboxylic acid groups (broad SMARTS) is 1. The van der Waals surface area contributed by atoms with E-state index in [9.17, 15) is 14.7 Å². The standard InChI is InChI=1S/C24H41N5O4/c1-17-5-4-6-18(15-17)28-20(16-21(30)31)22(32)24(9-2-3-11-27-24)10-14-33-19-7-12-29(13-8-19)23(25)26/h5,18-20,27-28H,2-4,6-16H2,1H3,(H3,25,26)(H,30,31)/t18?,20-,24?/m0/s1. The minimum Gasteiger partial charge on any atom is -0.481 e. The highest BCUT2D eigenvalue weighted by atomic mass is 16.5. The molecule has 2 unspecified atom stereocenters. The maximum Gasteiger partial charge on any atom is 0.305 e. The van der Waals surface area contributed by atoms with Gasteiger partial charge in [-0.2, -0.15) is 0 Å². The lowest BCUT2D eigenvalue weighted by atomic mass is 9.78. The van der Waals surface area contributed by atoms with Gasteiger partial charge >= 0.3 is 5.97 Å². The molecule has 0 aromatic rings. The van der Waals surface area contributed by atoms with Crippen LogP contribution in [-0.4, -0.2) is 77.7 Å². The van der Waals surface area contributed by atoms with Crippen LogP contribution in [-0.2, 0) is 14.3 Å². The predicted molar refractivity (Wildman–Crippen MR) is 127 cm³/mol. The van der Waals surface area contributed by atoms with Crippen molar-refractivity contribution in [3.63, 3.8) is 0 Å². The zero-order chi connectivity index (χ0) is 23.8. The van der Waals surface area contributed by atoms with E-state index < -0.39 is 17.6 Å². The first-order valence-electron chi connectivity index (χ1n) is 12.4. The number of ketones is 1. The molecule has 0 saturated carbocycles. The van der Waals surface area contributed by atoms with E-state index in [4.69, 9.17) is 15.9 Å². The highest BCUT2D eigenvalue weighted by Crippen LogP contribution is 2.28. The van der Waals surface area contributed by atoms with Gasteiger partial charge in [0.25, 0.3) is 0 Å². The monoisotopic (exact) mass is 463 g/mol. The number of nitrogens with zero attached hydrogens (tertiary/aromatic N) is 1. The molecule has 2 aliphatic heterocycles. The lowest BCUT2D eigenvalue weighted by molar-refractivity contribution is -0.141. The van der Waals surface area contributed by atoms with E-state index in [-0.39, 0.29) is 30.3 Å². The molecule has 0 radical (unpaired) electrons. The van der Waals surface area contributed by atoms with Crippen LogP contribution in [0.3, 0.4) is 0 Å². The van der Waals surface area contributed by atoms with Gasteiger partial charge in [0, 0.05) is 25.7 Å². The number of aliphatic carboxylic acids is 1. The number of ether oxygens (including phenoxy) is 1. The Kier molecular flexibility index (Phi) is 9.28. The van der Waals surface area contributed by atoms with Crippen LogP contribution >= 0.6 is 0 Å². The number of carbonyl (C=O) groups excluding carboxylic acids is 1. The second kappa shape index (κ2) is 11.9. The summed E-state index contributed by atoms with van der Waals surface area (Å²) in [5.41, 5.74) is 6.11. The summed E-state index contributed by atoms with van der Waals surface area (Å²) in [7, 11) is 0. The quantitative estimate of drug-likeness (QED) is 0.188. The number of hydrogen-bond donors (Lipinski definition) is 5. The first-order chi connectivity index (χ1) is 15.8. The first-order valence-corrected chi connectivity index (χ1v) is 12.4. The Balaban J connectivity index is 1.62. The van der Waals surface area contributed by atoms with Crippen LogP contribution in [0.4, 0.5) is 0 Å². The fourth-order valence-electron chi connectivity index (χ4n) is 5.45. The number of hydrogen-bond acceptors (Lipinski definition) is 6. The summed E-state index contributed by atoms with van der Waals surface area (Å²) in [6, 6.07) is -0.575. The number of allylic oxidation sites excluding steroid dienone is 1. The van der Waals surface area contributed by atoms with Crippen molar-refractivity contribution in [2.45, 2.75) is 94.9 Å². The van der Waals surface area contributed by atoms with Crippen LogP contribution in [0.15, 0.2) is 11.6 Å². The summed E-state index contributed by atoms with van der Waals surface area (Å²) in [5.74, 6) is -0.889. The van der Waals surface area contributed by atoms with Crippen LogP contribution in [0.25, 0.3) is 0 Å². The number of piperidine rings is 2. The largest absolute Gasteiger partial charge is 0.481 e. The van der Waals surface area contributed by atoms with Gasteiger partial charge < -0.3 is 31.1 Å². The van der Waals surface area contributed by atoms with Gasteiger partial charge in [-0.1, -0.05) is 11.6 Å². The molecule has 0 aromatic heterocycles. The average Bonchev–Trinajstić information content (AvgIpc) is 2.79. The average molecular weight is 464 g/mol. The molecule has 0 bridgehead atoms. The molecule has 3 atom stereocenters. The Morgan fingerprint density at radius 2 is 2.12 bits per heavy atom. The molecule has 1 aliphatic carbocycles. The van der Waals surface area contributed by atoms with Crippen molar-refractivity contribution >= 4 is 17.7 Å². The molecule has 0 amide bonds. The highest BCUT2D eigenvalue weighted by Gasteiger charge is 2.43. The van der Waals surface area contributed by atoms with Crippen molar-refractivity contribution < 1.29 is 19.4 Å². The van der Waals surface area contributed by atoms with E-state index in [2.05, 4.69) is 23.6 Å². The van der Waals surface area contributed by atoms with Crippen molar-refractivity contribution in [1.82, 2.24) is 15.5 Å². The first kappa shape index (κ1) is 25.6. The molecular formula is C24H41N5O4. The fourth-order valence-corrected chi connectivity index (χ4v) is 5.45. The molecule has 3 rings (SSSR count). The van der Waals surface area contributed by atoms with E-state index in [1.165, 1.54) is 5.57 Å². The molecule has 33 heavy (non-hydrogen) atoms. The van der Waals surface area contributed by atoms with Crippen molar-refractivity contribution in [1.29, 1.82) is 5.41 Å². The zero-order valence-electron chi connectivity index (χ0n) is 19.9. The molecule has 2 saturated heterocycles. The van der Waals surface area contributed by atoms with Crippen molar-refractivity contribution in [3.8, 4) is 0 Å². The van der Waals surface area contributed by atoms with Gasteiger partial charge in [0.15, 0.2) is 11.7 Å². The Hall–Kier alpha value is -1.97. The highest BCUT2D eigenvalue weighted by molar-refractivity contribution is 5.95. The molecule has 3 aliphatic rings. The van der Waals surface area contributed by atoms with E-state index in [1.54, 1.807) is 0 Å². The van der Waals surface area contributed by atoms with Crippen LogP contribution in [0.2, 0.25) is 0 Å². The molecule has 9 heteroatoms. The van der Waals surface area contributed by atoms with Crippen LogP contribution in [0.1, 0.15) is 71.1 Å². The number of carbonyl (C=O) groups is 2. The zero-order valence-corrected chi connectivity index (χ0v) is 19.9. The van der Waals surface area contributed by atoms with Crippen molar-refractivity contribution in [2.75, 3.05) is 26.2 Å². The molecule has 9 nitrogen and oxygen atoms in total. The maximum absolute atomic E-state index is 13.8. The summed E-state index contributed by atoms with van der Waals surface area (Å²) >= 11 is 0. The van der Waals surface area contributed by atoms with Gasteiger partial charge in [0.2, 0.25) is 0 Å². The van der Waals surface area contributed by atoms with Gasteiger partial charge in [-0.05, 0) is 71.3 Å². The number of carboxylic acids is 1. The number of nitrogens with one attached hydrogen (secondary N) is 3. The molecule has 0 spiro atoms. The van der Waals surface area contributed by atoms with Crippen molar-refractivity contribution in [2.24, 2.45) is 5.73 Å². The number of Topliss-reactive ketones (excluding diaryl/α,β-unsaturated/α-hetero) is 1. The van der Waals surface area contributed by atoms with Gasteiger partial charge in [-0.3, -0.25) is 15.0 Å². The molecule has 186 valence electrons. The van der Waals surface area contributed by atoms with Gasteiger partial charge in [-0.25, -0.2) is 0 Å². The minimum absolute atomic E-state index is 0.0354. The Morgan fingerprint density at radius 1 is 1.36 bits per heavy atom. The van der Waals surface area contributed by atoms with Crippen molar-refractivity contribution in [3.05, 3.63) is 11.6 Å². The van der Waals surface area contributed by atoms with E-state index in [0.717, 1.165) is 51.5 Å². The van der Waals surface area contributed by atoms with E-state index in [0.29, 0.717) is 32.5 Å². The van der Waals surface area contributed by atoms with Gasteiger partial charge in [-0.15, -0.1) is 0 Å². The van der Waals surface area contributed by atoms with Crippen LogP contribution < -0.4 is 16.4 Å². The number of rotatable bonds is 10. The summed E-state index contributed by atoms with van der Waals surface area (Å²) < 4.78 is 6.14. The third-order valence-corrected chi connectivity index (χ3v) is 7.34. The minimum atomic E-state index is -0.955. The lowest BCUT2D eigenvalue weighted by Gasteiger charge is -2.41. The summed E-state index contributed by atoms with van der Waals surface area (Å²) in [6.45, 7) is 4.72. The fraction of sp³-hybridized carbons (Fsp3) is 0.792. The summed E-state index contributed by atoms with van der Waals surface area (Å²) in [6.07, 6.45) is 9.68. The molecule has 6 N–H and O–H groups in total. The second-order valence-electron chi connectivity index (χ2n) is 9.87. The van der Waals surface area contributed by atoms with Gasteiger partial charge in [0.05, 0.1) is 24.1 Å². The second-order valence-corrected chi connectivity index (χ2v) is 9.87. The van der Waals surface area contributed by atoms with Gasteiger partial charge in [0.1, 0.15) is 0 Å². The topological polar surface area (TPSA) is 141 Å². The normalized spacial score (nSPS) is 27.6. The Labute approximate surface area is 197 Å². The lowest BCUT2D eigenvalue weighted by Crippen LogP contribution is -2.62. The van der Waals surface area contributed by atoms with Crippen LogP contribution in [0, 0.1) is 5.41 Å². The Bertz CT molecular complexity index is 726. The maximum atomic E-state index is 13.8. The molecule has 2 fully saturated rings. The molecule has 0 aromatic carbocycles.